The molecule has 20 heavy (non-hydrogen) atoms. The maximum Gasteiger partial charge on any atom is 0.256 e. The Balaban J connectivity index is 2.91. The fourth-order valence-electron chi connectivity index (χ4n) is 1.77. The summed E-state index contributed by atoms with van der Waals surface area (Å²) in [6, 6.07) is 5.44. The number of hydrogen-bond acceptors (Lipinski definition) is 4. The van der Waals surface area contributed by atoms with Crippen LogP contribution in [0.5, 0.6) is 5.75 Å². The van der Waals surface area contributed by atoms with Gasteiger partial charge in [0.15, 0.2) is 0 Å². The fraction of sp³-hybridized carbons (Fsp3) is 0.533. The van der Waals surface area contributed by atoms with Crippen molar-refractivity contribution < 1.29 is 14.3 Å². The number of anilines is 1. The lowest BCUT2D eigenvalue weighted by Gasteiger charge is -2.25. The molecule has 112 valence electrons. The number of hydrogen-bond donors (Lipinski definition) is 2. The minimum atomic E-state index is -0.832. The molecular formula is C15H24N2O3. The number of rotatable bonds is 7. The van der Waals surface area contributed by atoms with Gasteiger partial charge in [-0.3, -0.25) is 4.79 Å². The Bertz CT molecular complexity index is 456. The van der Waals surface area contributed by atoms with Crippen LogP contribution in [0, 0.1) is 0 Å². The van der Waals surface area contributed by atoms with E-state index in [1.54, 1.807) is 13.0 Å². The number of carbonyl (C=O) groups is 1. The van der Waals surface area contributed by atoms with Crippen LogP contribution in [-0.2, 0) is 16.1 Å². The summed E-state index contributed by atoms with van der Waals surface area (Å²) in [6.07, 6.45) is 0.593. The van der Waals surface area contributed by atoms with Crippen LogP contribution in [0.1, 0.15) is 32.8 Å². The van der Waals surface area contributed by atoms with Gasteiger partial charge in [0.25, 0.3) is 5.91 Å². The van der Waals surface area contributed by atoms with Gasteiger partial charge in [-0.2, -0.15) is 0 Å². The lowest BCUT2D eigenvalue weighted by molar-refractivity contribution is -0.136. The highest BCUT2D eigenvalue weighted by atomic mass is 16.5. The maximum atomic E-state index is 12.2. The summed E-state index contributed by atoms with van der Waals surface area (Å²) in [5, 5.41) is 2.85. The van der Waals surface area contributed by atoms with Crippen LogP contribution >= 0.6 is 0 Å². The molecule has 1 rings (SSSR count). The second kappa shape index (κ2) is 7.26. The number of amides is 1. The molecule has 5 heteroatoms. The number of benzene rings is 1. The maximum absolute atomic E-state index is 12.2. The van der Waals surface area contributed by atoms with Crippen LogP contribution < -0.4 is 15.8 Å². The topological polar surface area (TPSA) is 73.6 Å². The Morgan fingerprint density at radius 1 is 1.40 bits per heavy atom. The normalized spacial score (nSPS) is 13.7. The van der Waals surface area contributed by atoms with Gasteiger partial charge in [-0.25, -0.2) is 0 Å². The van der Waals surface area contributed by atoms with Crippen molar-refractivity contribution >= 4 is 11.6 Å². The summed E-state index contributed by atoms with van der Waals surface area (Å²) in [5.74, 6) is 0.577. The molecule has 0 radical (unpaired) electrons. The smallest absolute Gasteiger partial charge is 0.256 e. The van der Waals surface area contributed by atoms with E-state index in [2.05, 4.69) is 5.32 Å². The first-order valence-electron chi connectivity index (χ1n) is 6.83. The SMILES string of the molecule is CCOc1ccc(NC(=O)C(C)(CC)OC)cc1CN. The molecule has 0 fully saturated rings. The molecule has 1 aromatic carbocycles. The van der Waals surface area contributed by atoms with E-state index >= 15 is 0 Å². The summed E-state index contributed by atoms with van der Waals surface area (Å²) in [4.78, 5) is 12.2. The van der Waals surface area contributed by atoms with Crippen molar-refractivity contribution in [2.45, 2.75) is 39.3 Å². The molecule has 3 N–H and O–H groups in total. The monoisotopic (exact) mass is 280 g/mol. The van der Waals surface area contributed by atoms with Gasteiger partial charge in [-0.1, -0.05) is 6.92 Å². The molecule has 0 saturated heterocycles. The Labute approximate surface area is 120 Å². The van der Waals surface area contributed by atoms with Gasteiger partial charge < -0.3 is 20.5 Å². The van der Waals surface area contributed by atoms with E-state index in [1.165, 1.54) is 7.11 Å². The van der Waals surface area contributed by atoms with E-state index in [4.69, 9.17) is 15.2 Å². The lowest BCUT2D eigenvalue weighted by Crippen LogP contribution is -2.41. The molecular weight excluding hydrogens is 256 g/mol. The highest BCUT2D eigenvalue weighted by Crippen LogP contribution is 2.24. The summed E-state index contributed by atoms with van der Waals surface area (Å²) in [5.41, 5.74) is 6.42. The summed E-state index contributed by atoms with van der Waals surface area (Å²) < 4.78 is 10.8. The zero-order valence-electron chi connectivity index (χ0n) is 12.7. The fourth-order valence-corrected chi connectivity index (χ4v) is 1.77. The van der Waals surface area contributed by atoms with Crippen LogP contribution in [0.2, 0.25) is 0 Å². The second-order valence-electron chi connectivity index (χ2n) is 4.70. The Hall–Kier alpha value is -1.59. The van der Waals surface area contributed by atoms with Crippen LogP contribution in [0.15, 0.2) is 18.2 Å². The molecule has 0 aliphatic rings. The number of carbonyl (C=O) groups excluding carboxylic acids is 1. The number of nitrogens with two attached hydrogens (primary N) is 1. The van der Waals surface area contributed by atoms with Crippen molar-refractivity contribution in [3.8, 4) is 5.75 Å². The first-order chi connectivity index (χ1) is 9.50. The minimum absolute atomic E-state index is 0.172. The summed E-state index contributed by atoms with van der Waals surface area (Å²) in [7, 11) is 1.53. The summed E-state index contributed by atoms with van der Waals surface area (Å²) >= 11 is 0. The molecule has 5 nitrogen and oxygen atoms in total. The van der Waals surface area contributed by atoms with E-state index in [0.717, 1.165) is 11.3 Å². The van der Waals surface area contributed by atoms with Gasteiger partial charge in [-0.05, 0) is 38.5 Å². The molecule has 0 aliphatic heterocycles. The van der Waals surface area contributed by atoms with E-state index in [9.17, 15) is 4.79 Å². The van der Waals surface area contributed by atoms with E-state index < -0.39 is 5.60 Å². The molecule has 1 atom stereocenters. The van der Waals surface area contributed by atoms with E-state index in [-0.39, 0.29) is 5.91 Å². The number of nitrogens with one attached hydrogen (secondary N) is 1. The molecule has 0 heterocycles. The number of ether oxygens (including phenoxy) is 2. The largest absolute Gasteiger partial charge is 0.494 e. The van der Waals surface area contributed by atoms with Gasteiger partial charge in [0.1, 0.15) is 11.4 Å². The van der Waals surface area contributed by atoms with Crippen molar-refractivity contribution in [1.82, 2.24) is 0 Å². The average molecular weight is 280 g/mol. The first kappa shape index (κ1) is 16.5. The van der Waals surface area contributed by atoms with Gasteiger partial charge >= 0.3 is 0 Å². The van der Waals surface area contributed by atoms with Crippen molar-refractivity contribution in [3.05, 3.63) is 23.8 Å². The van der Waals surface area contributed by atoms with Crippen molar-refractivity contribution in [1.29, 1.82) is 0 Å². The standard InChI is InChI=1S/C15H24N2O3/c1-5-15(3,19-4)14(18)17-12-7-8-13(20-6-2)11(9-12)10-16/h7-9H,5-6,10,16H2,1-4H3,(H,17,18). The van der Waals surface area contributed by atoms with Gasteiger partial charge in [0.05, 0.1) is 6.61 Å². The summed E-state index contributed by atoms with van der Waals surface area (Å²) in [6.45, 7) is 6.53. The van der Waals surface area contributed by atoms with Crippen LogP contribution in [0.25, 0.3) is 0 Å². The molecule has 0 aliphatic carbocycles. The molecule has 0 spiro atoms. The zero-order chi connectivity index (χ0) is 15.2. The Morgan fingerprint density at radius 3 is 2.60 bits per heavy atom. The van der Waals surface area contributed by atoms with Crippen LogP contribution in [-0.4, -0.2) is 25.2 Å². The highest BCUT2D eigenvalue weighted by molar-refractivity contribution is 5.97. The third-order valence-electron chi connectivity index (χ3n) is 3.44. The predicted molar refractivity (Wildman–Crippen MR) is 79.8 cm³/mol. The average Bonchev–Trinajstić information content (AvgIpc) is 2.47. The molecule has 1 amide bonds. The third kappa shape index (κ3) is 3.71. The molecule has 1 aromatic rings. The quantitative estimate of drug-likeness (QED) is 0.803. The molecule has 0 aromatic heterocycles. The molecule has 0 saturated carbocycles. The second-order valence-corrected chi connectivity index (χ2v) is 4.70. The minimum Gasteiger partial charge on any atom is -0.494 e. The van der Waals surface area contributed by atoms with Crippen molar-refractivity contribution in [3.63, 3.8) is 0 Å². The van der Waals surface area contributed by atoms with Crippen molar-refractivity contribution in [2.24, 2.45) is 5.73 Å². The predicted octanol–water partition coefficient (Wildman–Crippen LogP) is 2.30. The molecule has 1 unspecified atom stereocenters. The lowest BCUT2D eigenvalue weighted by atomic mass is 10.0. The zero-order valence-corrected chi connectivity index (χ0v) is 12.7. The third-order valence-corrected chi connectivity index (χ3v) is 3.44. The van der Waals surface area contributed by atoms with Crippen molar-refractivity contribution in [2.75, 3.05) is 19.0 Å². The Morgan fingerprint density at radius 2 is 2.10 bits per heavy atom. The molecule has 0 bridgehead atoms. The van der Waals surface area contributed by atoms with Gasteiger partial charge in [-0.15, -0.1) is 0 Å². The Kier molecular flexibility index (Phi) is 5.98. The highest BCUT2D eigenvalue weighted by Gasteiger charge is 2.30. The van der Waals surface area contributed by atoms with E-state index in [1.807, 2.05) is 26.0 Å². The van der Waals surface area contributed by atoms with Crippen LogP contribution in [0.4, 0.5) is 5.69 Å². The number of methoxy groups -OCH3 is 1. The van der Waals surface area contributed by atoms with Crippen LogP contribution in [0.3, 0.4) is 0 Å². The van der Waals surface area contributed by atoms with E-state index in [0.29, 0.717) is 25.3 Å². The van der Waals surface area contributed by atoms with Gasteiger partial charge in [0, 0.05) is 24.9 Å². The van der Waals surface area contributed by atoms with Gasteiger partial charge in [0.2, 0.25) is 0 Å². The first-order valence-corrected chi connectivity index (χ1v) is 6.83.